The molecule has 0 aromatic carbocycles. The van der Waals surface area contributed by atoms with Crippen LogP contribution < -0.4 is 0 Å². The van der Waals surface area contributed by atoms with Gasteiger partial charge in [-0.2, -0.15) is 0 Å². The quantitative estimate of drug-likeness (QED) is 0.310. The van der Waals surface area contributed by atoms with Crippen molar-refractivity contribution < 1.29 is 0 Å². The van der Waals surface area contributed by atoms with Crippen LogP contribution in [0.2, 0.25) is 0 Å². The maximum atomic E-state index is 2.64. The van der Waals surface area contributed by atoms with Gasteiger partial charge in [0.25, 0.3) is 0 Å². The molecule has 0 radical (unpaired) electrons. The van der Waals surface area contributed by atoms with Gasteiger partial charge in [0.05, 0.1) is 0 Å². The standard InChI is InChI=1S/C26H55N/c1-14-21(7)22(8)26(12,16-3)25(11,15-2)19-23(27(13)17-4)24(9,10)18-20(5)6/h20-23H,14-19H2,1-13H3. The molecular weight excluding hydrogens is 326 g/mol. The molecule has 1 nitrogen and oxygen atoms in total. The highest BCUT2D eigenvalue weighted by atomic mass is 15.1. The fourth-order valence-corrected chi connectivity index (χ4v) is 5.93. The van der Waals surface area contributed by atoms with E-state index in [-0.39, 0.29) is 0 Å². The van der Waals surface area contributed by atoms with Gasteiger partial charge in [0, 0.05) is 6.04 Å². The van der Waals surface area contributed by atoms with Crippen molar-refractivity contribution >= 4 is 0 Å². The van der Waals surface area contributed by atoms with Crippen LogP contribution in [-0.4, -0.2) is 24.5 Å². The molecule has 0 aliphatic carbocycles. The molecule has 5 unspecified atom stereocenters. The SMILES string of the molecule is CCC(C)C(C)C(C)(CC)C(C)(CC)CC(N(C)CC)C(C)(C)CC(C)C. The Hall–Kier alpha value is -0.0400. The predicted molar refractivity (Wildman–Crippen MR) is 125 cm³/mol. The van der Waals surface area contributed by atoms with Crippen molar-refractivity contribution in [1.82, 2.24) is 4.90 Å². The fourth-order valence-electron chi connectivity index (χ4n) is 5.93. The van der Waals surface area contributed by atoms with Crippen molar-refractivity contribution in [3.63, 3.8) is 0 Å². The third kappa shape index (κ3) is 6.22. The van der Waals surface area contributed by atoms with E-state index in [1.807, 2.05) is 0 Å². The van der Waals surface area contributed by atoms with Gasteiger partial charge in [0.2, 0.25) is 0 Å². The molecule has 0 saturated heterocycles. The van der Waals surface area contributed by atoms with Crippen molar-refractivity contribution in [2.75, 3.05) is 13.6 Å². The average molecular weight is 382 g/mol. The minimum Gasteiger partial charge on any atom is -0.303 e. The molecular formula is C26H55N. The van der Waals surface area contributed by atoms with Gasteiger partial charge in [0.15, 0.2) is 0 Å². The van der Waals surface area contributed by atoms with Crippen LogP contribution in [0.15, 0.2) is 0 Å². The van der Waals surface area contributed by atoms with E-state index in [2.05, 4.69) is 95.0 Å². The summed E-state index contributed by atoms with van der Waals surface area (Å²) < 4.78 is 0. The molecule has 0 aromatic heterocycles. The predicted octanol–water partition coefficient (Wildman–Crippen LogP) is 8.28. The van der Waals surface area contributed by atoms with Crippen molar-refractivity contribution in [3.8, 4) is 0 Å². The summed E-state index contributed by atoms with van der Waals surface area (Å²) in [6.45, 7) is 30.7. The van der Waals surface area contributed by atoms with Crippen LogP contribution in [0.3, 0.4) is 0 Å². The second-order valence-electron chi connectivity index (χ2n) is 11.2. The lowest BCUT2D eigenvalue weighted by Gasteiger charge is -2.55. The number of hydrogen-bond acceptors (Lipinski definition) is 1. The molecule has 0 bridgehead atoms. The summed E-state index contributed by atoms with van der Waals surface area (Å²) >= 11 is 0. The Morgan fingerprint density at radius 3 is 1.63 bits per heavy atom. The van der Waals surface area contributed by atoms with Crippen molar-refractivity contribution in [2.24, 2.45) is 34.0 Å². The zero-order valence-electron chi connectivity index (χ0n) is 21.5. The van der Waals surface area contributed by atoms with Gasteiger partial charge in [-0.1, -0.05) is 95.9 Å². The van der Waals surface area contributed by atoms with Crippen molar-refractivity contribution in [3.05, 3.63) is 0 Å². The Morgan fingerprint density at radius 1 is 0.778 bits per heavy atom. The maximum Gasteiger partial charge on any atom is 0.0149 e. The third-order valence-corrected chi connectivity index (χ3v) is 8.91. The van der Waals surface area contributed by atoms with Crippen LogP contribution >= 0.6 is 0 Å². The van der Waals surface area contributed by atoms with Crippen LogP contribution in [-0.2, 0) is 0 Å². The molecule has 0 aliphatic heterocycles. The highest BCUT2D eigenvalue weighted by Crippen LogP contribution is 2.56. The highest BCUT2D eigenvalue weighted by molar-refractivity contribution is 5.00. The molecule has 0 heterocycles. The molecule has 1 heteroatoms. The molecule has 0 N–H and O–H groups in total. The Morgan fingerprint density at radius 2 is 1.30 bits per heavy atom. The largest absolute Gasteiger partial charge is 0.303 e. The second kappa shape index (κ2) is 10.7. The van der Waals surface area contributed by atoms with E-state index in [0.717, 1.165) is 24.3 Å². The van der Waals surface area contributed by atoms with E-state index in [9.17, 15) is 0 Å². The van der Waals surface area contributed by atoms with E-state index in [4.69, 9.17) is 0 Å². The molecule has 0 aliphatic rings. The first-order valence-electron chi connectivity index (χ1n) is 12.0. The Labute approximate surface area is 174 Å². The Kier molecular flexibility index (Phi) is 10.6. The molecule has 0 saturated carbocycles. The Balaban J connectivity index is 6.04. The van der Waals surface area contributed by atoms with Gasteiger partial charge in [0.1, 0.15) is 0 Å². The zero-order chi connectivity index (χ0) is 21.6. The molecule has 164 valence electrons. The zero-order valence-corrected chi connectivity index (χ0v) is 21.5. The molecule has 0 spiro atoms. The van der Waals surface area contributed by atoms with Gasteiger partial charge in [-0.25, -0.2) is 0 Å². The minimum absolute atomic E-state index is 0.337. The van der Waals surface area contributed by atoms with Crippen LogP contribution in [0.5, 0.6) is 0 Å². The number of nitrogens with zero attached hydrogens (tertiary/aromatic N) is 1. The summed E-state index contributed by atoms with van der Waals surface area (Å²) in [5.41, 5.74) is 1.06. The monoisotopic (exact) mass is 381 g/mol. The van der Waals surface area contributed by atoms with Crippen molar-refractivity contribution in [1.29, 1.82) is 0 Å². The van der Waals surface area contributed by atoms with E-state index < -0.39 is 0 Å². The summed E-state index contributed by atoms with van der Waals surface area (Å²) in [5, 5.41) is 0. The summed E-state index contributed by atoms with van der Waals surface area (Å²) in [6, 6.07) is 0.629. The van der Waals surface area contributed by atoms with Gasteiger partial charge in [-0.3, -0.25) is 0 Å². The molecule has 0 aromatic rings. The summed E-state index contributed by atoms with van der Waals surface area (Å²) in [6.07, 6.45) is 6.43. The first kappa shape index (κ1) is 27.0. The van der Waals surface area contributed by atoms with E-state index in [0.29, 0.717) is 22.3 Å². The van der Waals surface area contributed by atoms with E-state index in [1.54, 1.807) is 0 Å². The summed E-state index contributed by atoms with van der Waals surface area (Å²) in [7, 11) is 2.35. The van der Waals surface area contributed by atoms with Gasteiger partial charge in [-0.15, -0.1) is 0 Å². The first-order chi connectivity index (χ1) is 12.3. The average Bonchev–Trinajstić information content (AvgIpc) is 2.61. The second-order valence-corrected chi connectivity index (χ2v) is 11.2. The minimum atomic E-state index is 0.337. The smallest absolute Gasteiger partial charge is 0.0149 e. The van der Waals surface area contributed by atoms with E-state index in [1.165, 1.54) is 32.1 Å². The normalized spacial score (nSPS) is 21.0. The van der Waals surface area contributed by atoms with Gasteiger partial charge in [-0.05, 0) is 66.9 Å². The van der Waals surface area contributed by atoms with E-state index >= 15 is 0 Å². The number of rotatable bonds is 13. The lowest BCUT2D eigenvalue weighted by Crippen LogP contribution is -2.52. The van der Waals surface area contributed by atoms with Gasteiger partial charge < -0.3 is 4.90 Å². The molecule has 0 amide bonds. The van der Waals surface area contributed by atoms with Crippen LogP contribution in [0.4, 0.5) is 0 Å². The van der Waals surface area contributed by atoms with Crippen LogP contribution in [0.1, 0.15) is 115 Å². The summed E-state index contributed by atoms with van der Waals surface area (Å²) in [4.78, 5) is 2.64. The summed E-state index contributed by atoms with van der Waals surface area (Å²) in [5.74, 6) is 2.28. The third-order valence-electron chi connectivity index (χ3n) is 8.91. The maximum absolute atomic E-state index is 2.64. The molecule has 0 fully saturated rings. The van der Waals surface area contributed by atoms with Crippen LogP contribution in [0, 0.1) is 34.0 Å². The van der Waals surface area contributed by atoms with Gasteiger partial charge >= 0.3 is 0 Å². The fraction of sp³-hybridized carbons (Fsp3) is 1.00. The first-order valence-corrected chi connectivity index (χ1v) is 12.0. The molecule has 0 rings (SSSR count). The lowest BCUT2D eigenvalue weighted by molar-refractivity contribution is -0.0577. The highest BCUT2D eigenvalue weighted by Gasteiger charge is 2.49. The molecule has 5 atom stereocenters. The Bertz CT molecular complexity index is 412. The topological polar surface area (TPSA) is 3.24 Å². The number of hydrogen-bond donors (Lipinski definition) is 0. The van der Waals surface area contributed by atoms with Crippen molar-refractivity contribution in [2.45, 2.75) is 121 Å². The lowest BCUT2D eigenvalue weighted by atomic mass is 9.51. The molecule has 27 heavy (non-hydrogen) atoms. The van der Waals surface area contributed by atoms with Crippen LogP contribution in [0.25, 0.3) is 0 Å².